The third-order valence-electron chi connectivity index (χ3n) is 4.28. The maximum absolute atomic E-state index is 12.7. The molecule has 0 aliphatic heterocycles. The molecule has 0 bridgehead atoms. The van der Waals surface area contributed by atoms with Gasteiger partial charge in [-0.1, -0.05) is 24.3 Å². The molecule has 4 aromatic rings. The van der Waals surface area contributed by atoms with E-state index in [0.717, 1.165) is 11.1 Å². The molecular weight excluding hydrogens is 348 g/mol. The molecule has 136 valence electrons. The van der Waals surface area contributed by atoms with Crippen LogP contribution in [0.4, 0.5) is 0 Å². The summed E-state index contributed by atoms with van der Waals surface area (Å²) in [6.45, 7) is 1.92. The highest BCUT2D eigenvalue weighted by molar-refractivity contribution is 6.06. The van der Waals surface area contributed by atoms with Crippen LogP contribution in [0, 0.1) is 6.92 Å². The van der Waals surface area contributed by atoms with Gasteiger partial charge in [0.1, 0.15) is 17.4 Å². The number of aromatic amines is 1. The quantitative estimate of drug-likeness (QED) is 0.562. The number of carbonyl (C=O) groups excluding carboxylic acids is 1. The molecule has 0 unspecified atom stereocenters. The molecule has 0 saturated carbocycles. The molecule has 27 heavy (non-hydrogen) atoms. The fraction of sp³-hybridized carbons (Fsp3) is 0.158. The number of nitrogens with zero attached hydrogens (tertiary/aromatic N) is 2. The van der Waals surface area contributed by atoms with E-state index in [-0.39, 0.29) is 16.7 Å². The van der Waals surface area contributed by atoms with E-state index in [1.165, 1.54) is 12.6 Å². The number of fused-ring (bicyclic) bond motifs is 1. The summed E-state index contributed by atoms with van der Waals surface area (Å²) in [4.78, 5) is 35.3. The number of carbonyl (C=O) groups is 1. The van der Waals surface area contributed by atoms with E-state index in [0.29, 0.717) is 24.6 Å². The average molecular weight is 364 g/mol. The molecule has 3 heterocycles. The number of nitrogens with one attached hydrogen (secondary N) is 2. The van der Waals surface area contributed by atoms with Gasteiger partial charge in [-0.05, 0) is 18.1 Å². The second kappa shape index (κ2) is 6.91. The van der Waals surface area contributed by atoms with Gasteiger partial charge in [0.15, 0.2) is 5.89 Å². The maximum atomic E-state index is 12.7. The Labute approximate surface area is 153 Å². The fourth-order valence-corrected chi connectivity index (χ4v) is 3.00. The molecule has 2 N–H and O–H groups in total. The highest BCUT2D eigenvalue weighted by Crippen LogP contribution is 2.20. The number of hydrogen-bond acceptors (Lipinski definition) is 6. The monoisotopic (exact) mass is 364 g/mol. The molecule has 0 aliphatic rings. The third-order valence-corrected chi connectivity index (χ3v) is 4.28. The Morgan fingerprint density at radius 1 is 1.22 bits per heavy atom. The van der Waals surface area contributed by atoms with E-state index in [2.05, 4.69) is 20.3 Å². The number of oxazole rings is 1. The molecule has 0 radical (unpaired) electrons. The number of hydrogen-bond donors (Lipinski definition) is 2. The van der Waals surface area contributed by atoms with E-state index in [9.17, 15) is 9.59 Å². The lowest BCUT2D eigenvalue weighted by Gasteiger charge is -2.09. The van der Waals surface area contributed by atoms with Gasteiger partial charge in [-0.2, -0.15) is 0 Å². The highest BCUT2D eigenvalue weighted by Gasteiger charge is 2.21. The summed E-state index contributed by atoms with van der Waals surface area (Å²) in [5.74, 6) is 0.554. The first kappa shape index (κ1) is 16.8. The Balaban J connectivity index is 1.57. The topological polar surface area (TPSA) is 114 Å². The Bertz CT molecular complexity index is 1160. The molecular formula is C19H16N4O4. The summed E-state index contributed by atoms with van der Waals surface area (Å²) in [7, 11) is 0. The van der Waals surface area contributed by atoms with Gasteiger partial charge in [0.05, 0.1) is 18.1 Å². The molecule has 8 heteroatoms. The molecule has 1 amide bonds. The summed E-state index contributed by atoms with van der Waals surface area (Å²) in [6, 6.07) is 7.70. The number of aromatic nitrogens is 3. The van der Waals surface area contributed by atoms with E-state index < -0.39 is 11.5 Å². The van der Waals surface area contributed by atoms with Gasteiger partial charge in [0, 0.05) is 13.0 Å². The zero-order valence-electron chi connectivity index (χ0n) is 14.5. The van der Waals surface area contributed by atoms with Crippen LogP contribution in [0.2, 0.25) is 0 Å². The molecule has 1 aromatic carbocycles. The van der Waals surface area contributed by atoms with Crippen molar-refractivity contribution in [2.45, 2.75) is 19.9 Å². The minimum Gasteiger partial charge on any atom is -0.449 e. The molecule has 8 nitrogen and oxygen atoms in total. The molecule has 0 atom stereocenters. The fourth-order valence-electron chi connectivity index (χ4n) is 3.00. The molecule has 0 aliphatic carbocycles. The van der Waals surface area contributed by atoms with E-state index >= 15 is 0 Å². The standard InChI is InChI=1S/C19H16N4O4/c1-11-15(16-18(25)22-10-23-19(16)27-11)17(24)21-9-13-5-3-2-4-12(13)8-14-20-6-7-26-14/h2-7,10H,8-9H2,1H3,(H,21,24)(H,22,23,25). The van der Waals surface area contributed by atoms with E-state index in [4.69, 9.17) is 8.83 Å². The number of rotatable bonds is 5. The first-order chi connectivity index (χ1) is 13.1. The second-order valence-electron chi connectivity index (χ2n) is 6.00. The van der Waals surface area contributed by atoms with Gasteiger partial charge in [0.25, 0.3) is 11.5 Å². The zero-order valence-corrected chi connectivity index (χ0v) is 14.5. The smallest absolute Gasteiger partial charge is 0.262 e. The molecule has 0 fully saturated rings. The van der Waals surface area contributed by atoms with E-state index in [1.54, 1.807) is 13.1 Å². The minimum atomic E-state index is -0.411. The van der Waals surface area contributed by atoms with Gasteiger partial charge in [-0.15, -0.1) is 0 Å². The normalized spacial score (nSPS) is 11.0. The summed E-state index contributed by atoms with van der Waals surface area (Å²) >= 11 is 0. The largest absolute Gasteiger partial charge is 0.449 e. The van der Waals surface area contributed by atoms with Gasteiger partial charge in [0.2, 0.25) is 5.71 Å². The average Bonchev–Trinajstić information content (AvgIpc) is 3.28. The van der Waals surface area contributed by atoms with Gasteiger partial charge in [-0.25, -0.2) is 9.97 Å². The van der Waals surface area contributed by atoms with Crippen molar-refractivity contribution in [3.05, 3.63) is 81.7 Å². The van der Waals surface area contributed by atoms with Gasteiger partial charge in [-0.3, -0.25) is 9.59 Å². The lowest BCUT2D eigenvalue weighted by molar-refractivity contribution is 0.0950. The van der Waals surface area contributed by atoms with Crippen LogP contribution in [-0.2, 0) is 13.0 Å². The van der Waals surface area contributed by atoms with Crippen molar-refractivity contribution in [3.8, 4) is 0 Å². The Kier molecular flexibility index (Phi) is 4.29. The van der Waals surface area contributed by atoms with Crippen molar-refractivity contribution in [2.24, 2.45) is 0 Å². The van der Waals surface area contributed by atoms with Crippen LogP contribution in [0.15, 0.2) is 56.7 Å². The van der Waals surface area contributed by atoms with Crippen LogP contribution in [0.1, 0.15) is 33.1 Å². The van der Waals surface area contributed by atoms with E-state index in [1.807, 2.05) is 24.3 Å². The molecule has 0 saturated heterocycles. The highest BCUT2D eigenvalue weighted by atomic mass is 16.3. The van der Waals surface area contributed by atoms with Crippen molar-refractivity contribution in [1.29, 1.82) is 0 Å². The van der Waals surface area contributed by atoms with Crippen molar-refractivity contribution in [1.82, 2.24) is 20.3 Å². The van der Waals surface area contributed by atoms with Crippen LogP contribution < -0.4 is 10.9 Å². The van der Waals surface area contributed by atoms with Gasteiger partial charge < -0.3 is 19.1 Å². The maximum Gasteiger partial charge on any atom is 0.262 e. The number of furan rings is 1. The van der Waals surface area contributed by atoms with Crippen LogP contribution in [0.5, 0.6) is 0 Å². The van der Waals surface area contributed by atoms with Crippen LogP contribution >= 0.6 is 0 Å². The molecule has 3 aromatic heterocycles. The zero-order chi connectivity index (χ0) is 18.8. The van der Waals surface area contributed by atoms with Crippen molar-refractivity contribution < 1.29 is 13.6 Å². The lowest BCUT2D eigenvalue weighted by Crippen LogP contribution is -2.25. The second-order valence-corrected chi connectivity index (χ2v) is 6.00. The van der Waals surface area contributed by atoms with Crippen molar-refractivity contribution in [2.75, 3.05) is 0 Å². The summed E-state index contributed by atoms with van der Waals surface area (Å²) < 4.78 is 10.7. The Morgan fingerprint density at radius 3 is 2.81 bits per heavy atom. The van der Waals surface area contributed by atoms with Crippen LogP contribution in [-0.4, -0.2) is 20.9 Å². The SMILES string of the molecule is Cc1oc2nc[nH]c(=O)c2c1C(=O)NCc1ccccc1Cc1ncco1. The Hall–Kier alpha value is -3.68. The van der Waals surface area contributed by atoms with Crippen molar-refractivity contribution in [3.63, 3.8) is 0 Å². The van der Waals surface area contributed by atoms with Crippen LogP contribution in [0.3, 0.4) is 0 Å². The molecule has 4 rings (SSSR count). The first-order valence-electron chi connectivity index (χ1n) is 8.33. The summed E-state index contributed by atoms with van der Waals surface area (Å²) in [5, 5.41) is 3.00. The summed E-state index contributed by atoms with van der Waals surface area (Å²) in [6.07, 6.45) is 4.89. The van der Waals surface area contributed by atoms with Crippen molar-refractivity contribution >= 4 is 17.0 Å². The number of amides is 1. The first-order valence-corrected chi connectivity index (χ1v) is 8.33. The Morgan fingerprint density at radius 2 is 2.04 bits per heavy atom. The number of aryl methyl sites for hydroxylation is 1. The molecule has 0 spiro atoms. The third kappa shape index (κ3) is 3.24. The minimum absolute atomic E-state index is 0.144. The van der Waals surface area contributed by atoms with Gasteiger partial charge >= 0.3 is 0 Å². The van der Waals surface area contributed by atoms with Crippen LogP contribution in [0.25, 0.3) is 11.1 Å². The number of H-pyrrole nitrogens is 1. The predicted molar refractivity (Wildman–Crippen MR) is 96.3 cm³/mol. The number of benzene rings is 1. The predicted octanol–water partition coefficient (Wildman–Crippen LogP) is 2.33. The summed E-state index contributed by atoms with van der Waals surface area (Å²) in [5.41, 5.74) is 1.86. The lowest BCUT2D eigenvalue weighted by atomic mass is 10.0.